The largest absolute Gasteiger partial charge is 0.409 e. The van der Waals surface area contributed by atoms with Crippen LogP contribution in [-0.2, 0) is 6.54 Å². The van der Waals surface area contributed by atoms with Crippen LogP contribution in [0.4, 0.5) is 5.69 Å². The summed E-state index contributed by atoms with van der Waals surface area (Å²) in [6.45, 7) is 2.87. The van der Waals surface area contributed by atoms with Crippen LogP contribution in [0.3, 0.4) is 0 Å². The van der Waals surface area contributed by atoms with Gasteiger partial charge in [-0.2, -0.15) is 0 Å². The Balaban J connectivity index is 2.03. The number of oxime groups is 1. The van der Waals surface area contributed by atoms with Gasteiger partial charge < -0.3 is 16.3 Å². The summed E-state index contributed by atoms with van der Waals surface area (Å²) in [5.41, 5.74) is 9.74. The van der Waals surface area contributed by atoms with Crippen molar-refractivity contribution in [2.75, 3.05) is 5.32 Å². The van der Waals surface area contributed by atoms with Gasteiger partial charge in [-0.3, -0.25) is 0 Å². The Morgan fingerprint density at radius 1 is 1.16 bits per heavy atom. The molecule has 4 N–H and O–H groups in total. The molecule has 19 heavy (non-hydrogen) atoms. The van der Waals surface area contributed by atoms with Gasteiger partial charge >= 0.3 is 0 Å². The average Bonchev–Trinajstić information content (AvgIpc) is 2.46. The van der Waals surface area contributed by atoms with E-state index in [0.29, 0.717) is 5.56 Å². The number of nitrogens with two attached hydrogens (primary N) is 1. The molecular formula is C15H17N3O. The van der Waals surface area contributed by atoms with Crippen LogP contribution in [0.25, 0.3) is 0 Å². The zero-order chi connectivity index (χ0) is 13.7. The molecule has 2 rings (SSSR count). The normalized spacial score (nSPS) is 11.3. The van der Waals surface area contributed by atoms with Crippen molar-refractivity contribution >= 4 is 11.5 Å². The smallest absolute Gasteiger partial charge is 0.170 e. The molecule has 0 saturated heterocycles. The molecule has 0 bridgehead atoms. The van der Waals surface area contributed by atoms with Crippen molar-refractivity contribution in [3.05, 3.63) is 65.2 Å². The number of nitrogens with zero attached hydrogens (tertiary/aromatic N) is 1. The molecule has 0 aliphatic rings. The number of anilines is 1. The van der Waals surface area contributed by atoms with E-state index in [-0.39, 0.29) is 5.84 Å². The van der Waals surface area contributed by atoms with Gasteiger partial charge in [0.05, 0.1) is 0 Å². The maximum Gasteiger partial charge on any atom is 0.170 e. The zero-order valence-corrected chi connectivity index (χ0v) is 10.8. The third-order valence-electron chi connectivity index (χ3n) is 3.03. The molecule has 0 aliphatic carbocycles. The summed E-state index contributed by atoms with van der Waals surface area (Å²) < 4.78 is 0. The van der Waals surface area contributed by atoms with Crippen molar-refractivity contribution in [1.29, 1.82) is 0 Å². The molecule has 0 unspecified atom stereocenters. The summed E-state index contributed by atoms with van der Waals surface area (Å²) in [5.74, 6) is 0.116. The second kappa shape index (κ2) is 5.91. The van der Waals surface area contributed by atoms with Gasteiger partial charge in [0.2, 0.25) is 0 Å². The monoisotopic (exact) mass is 255 g/mol. The van der Waals surface area contributed by atoms with Crippen molar-refractivity contribution in [3.8, 4) is 0 Å². The second-order valence-corrected chi connectivity index (χ2v) is 4.34. The van der Waals surface area contributed by atoms with Crippen LogP contribution in [0.5, 0.6) is 0 Å². The summed E-state index contributed by atoms with van der Waals surface area (Å²) in [6.07, 6.45) is 0. The molecule has 0 aromatic heterocycles. The van der Waals surface area contributed by atoms with Gasteiger partial charge in [-0.05, 0) is 42.3 Å². The topological polar surface area (TPSA) is 70.6 Å². The van der Waals surface area contributed by atoms with Gasteiger partial charge in [-0.1, -0.05) is 29.4 Å². The second-order valence-electron chi connectivity index (χ2n) is 4.34. The molecule has 0 radical (unpaired) electrons. The molecule has 0 fully saturated rings. The SMILES string of the molecule is Cc1ccccc1CNc1ccc(/C(N)=N/O)cc1. The summed E-state index contributed by atoms with van der Waals surface area (Å²) in [5, 5.41) is 14.9. The first-order valence-electron chi connectivity index (χ1n) is 6.07. The summed E-state index contributed by atoms with van der Waals surface area (Å²) in [6, 6.07) is 15.7. The fourth-order valence-electron chi connectivity index (χ4n) is 1.82. The van der Waals surface area contributed by atoms with Crippen LogP contribution >= 0.6 is 0 Å². The highest BCUT2D eigenvalue weighted by Gasteiger charge is 2.00. The number of rotatable bonds is 4. The highest BCUT2D eigenvalue weighted by molar-refractivity contribution is 5.97. The lowest BCUT2D eigenvalue weighted by molar-refractivity contribution is 0.318. The number of hydrogen-bond acceptors (Lipinski definition) is 3. The van der Waals surface area contributed by atoms with Crippen molar-refractivity contribution < 1.29 is 5.21 Å². The van der Waals surface area contributed by atoms with E-state index in [0.717, 1.165) is 12.2 Å². The van der Waals surface area contributed by atoms with E-state index in [4.69, 9.17) is 10.9 Å². The first kappa shape index (κ1) is 13.0. The summed E-state index contributed by atoms with van der Waals surface area (Å²) >= 11 is 0. The number of aryl methyl sites for hydroxylation is 1. The Morgan fingerprint density at radius 2 is 1.84 bits per heavy atom. The van der Waals surface area contributed by atoms with E-state index in [1.807, 2.05) is 36.4 Å². The van der Waals surface area contributed by atoms with Crippen molar-refractivity contribution in [1.82, 2.24) is 0 Å². The van der Waals surface area contributed by atoms with Crippen molar-refractivity contribution in [2.24, 2.45) is 10.9 Å². The Kier molecular flexibility index (Phi) is 4.03. The maximum atomic E-state index is 8.59. The van der Waals surface area contributed by atoms with Gasteiger partial charge in [-0.25, -0.2) is 0 Å². The highest BCUT2D eigenvalue weighted by Crippen LogP contribution is 2.13. The van der Waals surface area contributed by atoms with Gasteiger partial charge in [0.15, 0.2) is 5.84 Å². The lowest BCUT2D eigenvalue weighted by atomic mass is 10.1. The predicted molar refractivity (Wildman–Crippen MR) is 77.5 cm³/mol. The molecule has 0 atom stereocenters. The number of benzene rings is 2. The van der Waals surface area contributed by atoms with E-state index < -0.39 is 0 Å². The number of hydrogen-bond donors (Lipinski definition) is 3. The average molecular weight is 255 g/mol. The Labute approximate surface area is 112 Å². The molecule has 2 aromatic rings. The first-order chi connectivity index (χ1) is 9.20. The molecule has 2 aromatic carbocycles. The summed E-state index contributed by atoms with van der Waals surface area (Å²) in [7, 11) is 0. The zero-order valence-electron chi connectivity index (χ0n) is 10.8. The Bertz CT molecular complexity index is 576. The van der Waals surface area contributed by atoms with Gasteiger partial charge in [0.1, 0.15) is 0 Å². The third-order valence-corrected chi connectivity index (χ3v) is 3.03. The predicted octanol–water partition coefficient (Wildman–Crippen LogP) is 2.70. The van der Waals surface area contributed by atoms with Gasteiger partial charge in [0, 0.05) is 17.8 Å². The molecule has 0 amide bonds. The fraction of sp³-hybridized carbons (Fsp3) is 0.133. The van der Waals surface area contributed by atoms with Crippen LogP contribution < -0.4 is 11.1 Å². The fourth-order valence-corrected chi connectivity index (χ4v) is 1.82. The third kappa shape index (κ3) is 3.25. The van der Waals surface area contributed by atoms with Crippen LogP contribution in [0.2, 0.25) is 0 Å². The van der Waals surface area contributed by atoms with E-state index in [1.54, 1.807) is 0 Å². The minimum absolute atomic E-state index is 0.116. The highest BCUT2D eigenvalue weighted by atomic mass is 16.4. The Hall–Kier alpha value is -2.49. The molecular weight excluding hydrogens is 238 g/mol. The van der Waals surface area contributed by atoms with Crippen molar-refractivity contribution in [2.45, 2.75) is 13.5 Å². The lowest BCUT2D eigenvalue weighted by Crippen LogP contribution is -2.12. The molecule has 0 saturated carbocycles. The number of amidine groups is 1. The molecule has 0 spiro atoms. The van der Waals surface area contributed by atoms with Crippen LogP contribution in [0, 0.1) is 6.92 Å². The minimum Gasteiger partial charge on any atom is -0.409 e. The van der Waals surface area contributed by atoms with E-state index >= 15 is 0 Å². The first-order valence-corrected chi connectivity index (χ1v) is 6.07. The standard InChI is InChI=1S/C15H17N3O/c1-11-4-2-3-5-13(11)10-17-14-8-6-12(7-9-14)15(16)18-19/h2-9,17,19H,10H2,1H3,(H2,16,18). The molecule has 0 aliphatic heterocycles. The lowest BCUT2D eigenvalue weighted by Gasteiger charge is -2.09. The maximum absolute atomic E-state index is 8.59. The molecule has 4 heteroatoms. The van der Waals surface area contributed by atoms with Crippen molar-refractivity contribution in [3.63, 3.8) is 0 Å². The van der Waals surface area contributed by atoms with Crippen LogP contribution in [-0.4, -0.2) is 11.0 Å². The molecule has 4 nitrogen and oxygen atoms in total. The summed E-state index contributed by atoms with van der Waals surface area (Å²) in [4.78, 5) is 0. The van der Waals surface area contributed by atoms with E-state index in [2.05, 4.69) is 29.5 Å². The van der Waals surface area contributed by atoms with Gasteiger partial charge in [-0.15, -0.1) is 0 Å². The minimum atomic E-state index is 0.116. The van der Waals surface area contributed by atoms with Crippen LogP contribution in [0.15, 0.2) is 53.7 Å². The Morgan fingerprint density at radius 3 is 2.47 bits per heavy atom. The van der Waals surface area contributed by atoms with Crippen LogP contribution in [0.1, 0.15) is 16.7 Å². The quantitative estimate of drug-likeness (QED) is 0.340. The molecule has 98 valence electrons. The number of nitrogens with one attached hydrogen (secondary N) is 1. The molecule has 0 heterocycles. The van der Waals surface area contributed by atoms with E-state index in [1.165, 1.54) is 11.1 Å². The van der Waals surface area contributed by atoms with E-state index in [9.17, 15) is 0 Å². The van der Waals surface area contributed by atoms with Gasteiger partial charge in [0.25, 0.3) is 0 Å².